The van der Waals surface area contributed by atoms with Crippen LogP contribution in [-0.2, 0) is 11.8 Å². The van der Waals surface area contributed by atoms with Crippen molar-refractivity contribution in [1.29, 1.82) is 0 Å². The molecule has 3 aromatic rings. The van der Waals surface area contributed by atoms with Gasteiger partial charge in [-0.1, -0.05) is 36.4 Å². The molecule has 0 saturated heterocycles. The Morgan fingerprint density at radius 3 is 2.43 bits per heavy atom. The van der Waals surface area contributed by atoms with E-state index >= 15 is 0 Å². The van der Waals surface area contributed by atoms with Gasteiger partial charge in [0, 0.05) is 18.8 Å². The van der Waals surface area contributed by atoms with E-state index < -0.39 is 53.6 Å². The van der Waals surface area contributed by atoms with E-state index in [0.29, 0.717) is 5.56 Å². The number of halogens is 3. The van der Waals surface area contributed by atoms with Gasteiger partial charge in [-0.15, -0.1) is 13.2 Å². The standard InChI is InChI=1S/C23H20F3N3O6/c1-29-10-9-17(30)20(21(29)33)28-22(34)27-16(12-19(31)32)14-7-8-18(35-23(24,25)26)15(11-14)13-5-3-2-4-6-13/h2-11,16,30H,12H2,1H3,(H,31,32)(H2,27,28,34)/t16-/m0/s1. The fourth-order valence-electron chi connectivity index (χ4n) is 3.29. The summed E-state index contributed by atoms with van der Waals surface area (Å²) in [5, 5.41) is 23.8. The second-order valence-electron chi connectivity index (χ2n) is 7.41. The Morgan fingerprint density at radius 2 is 1.80 bits per heavy atom. The third kappa shape index (κ3) is 6.53. The first-order valence-electron chi connectivity index (χ1n) is 10.1. The number of carbonyl (C=O) groups is 2. The molecule has 2 amide bonds. The van der Waals surface area contributed by atoms with Gasteiger partial charge < -0.3 is 30.2 Å². The molecule has 1 atom stereocenters. The number of aliphatic carboxylic acids is 1. The minimum Gasteiger partial charge on any atom is -0.505 e. The lowest BCUT2D eigenvalue weighted by molar-refractivity contribution is -0.274. The van der Waals surface area contributed by atoms with E-state index in [1.807, 2.05) is 0 Å². The molecule has 4 N–H and O–H groups in total. The molecular formula is C23H20F3N3O6. The Balaban J connectivity index is 1.97. The van der Waals surface area contributed by atoms with Gasteiger partial charge in [0.25, 0.3) is 5.56 Å². The van der Waals surface area contributed by atoms with Crippen molar-refractivity contribution in [3.05, 3.63) is 76.7 Å². The third-order valence-corrected chi connectivity index (χ3v) is 4.89. The highest BCUT2D eigenvalue weighted by Gasteiger charge is 2.32. The molecule has 3 rings (SSSR count). The number of amides is 2. The van der Waals surface area contributed by atoms with Crippen LogP contribution in [0.15, 0.2) is 65.6 Å². The zero-order chi connectivity index (χ0) is 25.8. The number of nitrogens with zero attached hydrogens (tertiary/aromatic N) is 1. The second-order valence-corrected chi connectivity index (χ2v) is 7.41. The number of ether oxygens (including phenoxy) is 1. The minimum atomic E-state index is -4.96. The van der Waals surface area contributed by atoms with Crippen molar-refractivity contribution in [2.24, 2.45) is 7.05 Å². The second kappa shape index (κ2) is 10.2. The fraction of sp³-hybridized carbons (Fsp3) is 0.174. The average Bonchev–Trinajstić information content (AvgIpc) is 2.78. The molecule has 12 heteroatoms. The van der Waals surface area contributed by atoms with Crippen molar-refractivity contribution < 1.29 is 37.7 Å². The van der Waals surface area contributed by atoms with Gasteiger partial charge in [0.1, 0.15) is 11.5 Å². The maximum atomic E-state index is 12.9. The van der Waals surface area contributed by atoms with Gasteiger partial charge in [0.2, 0.25) is 0 Å². The molecule has 0 bridgehead atoms. The number of benzene rings is 2. The van der Waals surface area contributed by atoms with Crippen LogP contribution in [0.25, 0.3) is 11.1 Å². The number of alkyl halides is 3. The van der Waals surface area contributed by atoms with Crippen LogP contribution in [0.2, 0.25) is 0 Å². The number of pyridine rings is 1. The lowest BCUT2D eigenvalue weighted by atomic mass is 9.97. The van der Waals surface area contributed by atoms with E-state index in [9.17, 15) is 37.8 Å². The summed E-state index contributed by atoms with van der Waals surface area (Å²) in [6, 6.07) is 10.4. The summed E-state index contributed by atoms with van der Waals surface area (Å²) in [6.07, 6.45) is -4.31. The lowest BCUT2D eigenvalue weighted by Gasteiger charge is -2.21. The Kier molecular flexibility index (Phi) is 7.33. The highest BCUT2D eigenvalue weighted by atomic mass is 19.4. The maximum absolute atomic E-state index is 12.9. The number of hydrogen-bond acceptors (Lipinski definition) is 5. The van der Waals surface area contributed by atoms with Crippen LogP contribution in [0, 0.1) is 0 Å². The molecule has 1 heterocycles. The van der Waals surface area contributed by atoms with E-state index in [0.717, 1.165) is 10.6 Å². The fourth-order valence-corrected chi connectivity index (χ4v) is 3.29. The number of nitrogens with one attached hydrogen (secondary N) is 2. The van der Waals surface area contributed by atoms with Crippen molar-refractivity contribution in [2.75, 3.05) is 5.32 Å². The SMILES string of the molecule is Cn1ccc(O)c(NC(=O)N[C@@H](CC(=O)O)c2ccc(OC(F)(F)F)c(-c3ccccc3)c2)c1=O. The molecule has 0 fully saturated rings. The smallest absolute Gasteiger partial charge is 0.505 e. The van der Waals surface area contributed by atoms with Gasteiger partial charge in [-0.25, -0.2) is 4.79 Å². The Hall–Kier alpha value is -4.48. The molecule has 1 aromatic heterocycles. The van der Waals surface area contributed by atoms with E-state index in [2.05, 4.69) is 15.4 Å². The first kappa shape index (κ1) is 25.1. The summed E-state index contributed by atoms with van der Waals surface area (Å²) in [5.74, 6) is -2.31. The van der Waals surface area contributed by atoms with Crippen LogP contribution in [0.5, 0.6) is 11.5 Å². The molecule has 0 aliphatic rings. The minimum absolute atomic E-state index is 0.0209. The topological polar surface area (TPSA) is 130 Å². The predicted octanol–water partition coefficient (Wildman–Crippen LogP) is 3.99. The van der Waals surface area contributed by atoms with Crippen LogP contribution >= 0.6 is 0 Å². The summed E-state index contributed by atoms with van der Waals surface area (Å²) < 4.78 is 44.0. The molecular weight excluding hydrogens is 471 g/mol. The van der Waals surface area contributed by atoms with Crippen LogP contribution in [-0.4, -0.2) is 33.1 Å². The number of anilines is 1. The van der Waals surface area contributed by atoms with E-state index in [4.69, 9.17) is 0 Å². The highest BCUT2D eigenvalue weighted by molar-refractivity contribution is 5.91. The largest absolute Gasteiger partial charge is 0.573 e. The number of aryl methyl sites for hydroxylation is 1. The molecule has 0 aliphatic heterocycles. The van der Waals surface area contributed by atoms with Gasteiger partial charge in [-0.2, -0.15) is 0 Å². The maximum Gasteiger partial charge on any atom is 0.573 e. The quantitative estimate of drug-likeness (QED) is 0.396. The number of carbonyl (C=O) groups excluding carboxylic acids is 1. The summed E-state index contributed by atoms with van der Waals surface area (Å²) in [5.41, 5.74) is -0.589. The van der Waals surface area contributed by atoms with E-state index in [1.165, 1.54) is 31.4 Å². The summed E-state index contributed by atoms with van der Waals surface area (Å²) >= 11 is 0. The van der Waals surface area contributed by atoms with Gasteiger partial charge in [0.15, 0.2) is 5.69 Å². The van der Waals surface area contributed by atoms with Crippen LogP contribution in [0.3, 0.4) is 0 Å². The normalized spacial score (nSPS) is 12.0. The average molecular weight is 491 g/mol. The first-order valence-corrected chi connectivity index (χ1v) is 10.1. The molecule has 35 heavy (non-hydrogen) atoms. The predicted molar refractivity (Wildman–Crippen MR) is 119 cm³/mol. The highest BCUT2D eigenvalue weighted by Crippen LogP contribution is 2.36. The van der Waals surface area contributed by atoms with Crippen molar-refractivity contribution in [2.45, 2.75) is 18.8 Å². The number of carboxylic acids is 1. The summed E-state index contributed by atoms with van der Waals surface area (Å²) in [4.78, 5) is 36.2. The molecule has 9 nitrogen and oxygen atoms in total. The number of hydrogen-bond donors (Lipinski definition) is 4. The van der Waals surface area contributed by atoms with Crippen LogP contribution in [0.4, 0.5) is 23.7 Å². The van der Waals surface area contributed by atoms with Crippen molar-refractivity contribution in [1.82, 2.24) is 9.88 Å². The van der Waals surface area contributed by atoms with E-state index in [-0.39, 0.29) is 11.1 Å². The number of rotatable bonds is 7. The van der Waals surface area contributed by atoms with Crippen molar-refractivity contribution >= 4 is 17.7 Å². The number of aromatic nitrogens is 1. The van der Waals surface area contributed by atoms with Crippen LogP contribution in [0.1, 0.15) is 18.0 Å². The molecule has 0 saturated carbocycles. The molecule has 0 aliphatic carbocycles. The van der Waals surface area contributed by atoms with Crippen molar-refractivity contribution in [3.8, 4) is 22.6 Å². The van der Waals surface area contributed by atoms with Gasteiger partial charge in [0.05, 0.1) is 12.5 Å². The van der Waals surface area contributed by atoms with Gasteiger partial charge >= 0.3 is 18.4 Å². The summed E-state index contributed by atoms with van der Waals surface area (Å²) in [6.45, 7) is 0. The third-order valence-electron chi connectivity index (χ3n) is 4.89. The zero-order valence-corrected chi connectivity index (χ0v) is 18.2. The van der Waals surface area contributed by atoms with Gasteiger partial charge in [-0.05, 0) is 29.3 Å². The number of aromatic hydroxyl groups is 1. The van der Waals surface area contributed by atoms with E-state index in [1.54, 1.807) is 30.3 Å². The number of urea groups is 1. The number of carboxylic acid groups (broad SMARTS) is 1. The molecule has 2 aromatic carbocycles. The first-order chi connectivity index (χ1) is 16.4. The Labute approximate surface area is 196 Å². The molecule has 0 spiro atoms. The Bertz CT molecular complexity index is 1290. The van der Waals surface area contributed by atoms with Gasteiger partial charge in [-0.3, -0.25) is 9.59 Å². The lowest BCUT2D eigenvalue weighted by Crippen LogP contribution is -2.36. The zero-order valence-electron chi connectivity index (χ0n) is 18.2. The molecule has 0 radical (unpaired) electrons. The monoisotopic (exact) mass is 491 g/mol. The van der Waals surface area contributed by atoms with Crippen molar-refractivity contribution in [3.63, 3.8) is 0 Å². The van der Waals surface area contributed by atoms with Crippen LogP contribution < -0.4 is 20.9 Å². The molecule has 184 valence electrons. The Morgan fingerprint density at radius 1 is 1.11 bits per heavy atom. The summed E-state index contributed by atoms with van der Waals surface area (Å²) in [7, 11) is 1.40. The molecule has 0 unspecified atom stereocenters.